The third-order valence-electron chi connectivity index (χ3n) is 5.89. The van der Waals surface area contributed by atoms with Crippen LogP contribution in [0.3, 0.4) is 0 Å². The molecule has 0 radical (unpaired) electrons. The summed E-state index contributed by atoms with van der Waals surface area (Å²) in [5.74, 6) is -2.40. The van der Waals surface area contributed by atoms with E-state index in [1.54, 1.807) is 30.5 Å². The molecule has 1 amide bonds. The van der Waals surface area contributed by atoms with Gasteiger partial charge in [0, 0.05) is 18.9 Å². The summed E-state index contributed by atoms with van der Waals surface area (Å²) in [5, 5.41) is 11.5. The van der Waals surface area contributed by atoms with Crippen LogP contribution in [-0.2, 0) is 16.0 Å². The number of Topliss-reactive ketones (excluding diaryl/α,β-unsaturated/α-hetero) is 1. The summed E-state index contributed by atoms with van der Waals surface area (Å²) in [6.07, 6.45) is 3.42. The summed E-state index contributed by atoms with van der Waals surface area (Å²) in [7, 11) is 2.71. The first-order valence-corrected chi connectivity index (χ1v) is 11.6. The Balaban J connectivity index is 1.85. The lowest BCUT2D eigenvalue weighted by molar-refractivity contribution is -0.139. The van der Waals surface area contributed by atoms with Crippen molar-refractivity contribution >= 4 is 40.7 Å². The van der Waals surface area contributed by atoms with E-state index in [0.29, 0.717) is 12.0 Å². The van der Waals surface area contributed by atoms with Crippen molar-refractivity contribution in [2.45, 2.75) is 12.5 Å². The molecule has 0 saturated carbocycles. The molecule has 36 heavy (non-hydrogen) atoms. The SMILES string of the molecule is COc1c(Cl)cc(/C(O)=C2\C(=O)C(=O)N(CCc3ccc(F)cc3)C2c2cccnc2)c(OC)c1Cl. The van der Waals surface area contributed by atoms with Crippen molar-refractivity contribution < 1.29 is 28.6 Å². The van der Waals surface area contributed by atoms with E-state index in [2.05, 4.69) is 4.98 Å². The fourth-order valence-corrected chi connectivity index (χ4v) is 4.87. The minimum atomic E-state index is -0.941. The molecule has 7 nitrogen and oxygen atoms in total. The van der Waals surface area contributed by atoms with E-state index < -0.39 is 23.5 Å². The molecule has 10 heteroatoms. The lowest BCUT2D eigenvalue weighted by Crippen LogP contribution is -2.31. The van der Waals surface area contributed by atoms with Gasteiger partial charge in [-0.25, -0.2) is 4.39 Å². The zero-order valence-electron chi connectivity index (χ0n) is 19.3. The number of methoxy groups -OCH3 is 2. The second-order valence-electron chi connectivity index (χ2n) is 7.94. The van der Waals surface area contributed by atoms with E-state index in [4.69, 9.17) is 32.7 Å². The van der Waals surface area contributed by atoms with E-state index in [9.17, 15) is 19.1 Å². The van der Waals surface area contributed by atoms with Gasteiger partial charge in [0.25, 0.3) is 11.7 Å². The number of carbonyl (C=O) groups is 2. The summed E-state index contributed by atoms with van der Waals surface area (Å²) in [5.41, 5.74) is 1.15. The van der Waals surface area contributed by atoms with Gasteiger partial charge in [-0.3, -0.25) is 14.6 Å². The number of hydrogen-bond acceptors (Lipinski definition) is 6. The molecular formula is C26H21Cl2FN2O5. The molecule has 1 aliphatic rings. The average molecular weight is 531 g/mol. The van der Waals surface area contributed by atoms with Crippen molar-refractivity contribution in [3.63, 3.8) is 0 Å². The first kappa shape index (κ1) is 25.5. The molecule has 0 bridgehead atoms. The molecule has 1 saturated heterocycles. The van der Waals surface area contributed by atoms with Crippen LogP contribution >= 0.6 is 23.2 Å². The first-order chi connectivity index (χ1) is 17.3. The summed E-state index contributed by atoms with van der Waals surface area (Å²) >= 11 is 12.7. The average Bonchev–Trinajstić information content (AvgIpc) is 3.13. The number of carbonyl (C=O) groups excluding carboxylic acids is 2. The monoisotopic (exact) mass is 530 g/mol. The van der Waals surface area contributed by atoms with Crippen molar-refractivity contribution in [3.8, 4) is 11.5 Å². The van der Waals surface area contributed by atoms with E-state index in [1.165, 1.54) is 43.5 Å². The predicted octanol–water partition coefficient (Wildman–Crippen LogP) is 5.21. The van der Waals surface area contributed by atoms with Gasteiger partial charge >= 0.3 is 0 Å². The number of likely N-dealkylation sites (tertiary alicyclic amines) is 1. The number of hydrogen-bond donors (Lipinski definition) is 1. The van der Waals surface area contributed by atoms with Crippen LogP contribution in [-0.4, -0.2) is 47.4 Å². The van der Waals surface area contributed by atoms with Crippen LogP contribution in [0.2, 0.25) is 10.0 Å². The van der Waals surface area contributed by atoms with Gasteiger partial charge in [0.2, 0.25) is 0 Å². The molecular weight excluding hydrogens is 510 g/mol. The molecule has 4 rings (SSSR count). The van der Waals surface area contributed by atoms with Crippen molar-refractivity contribution in [2.75, 3.05) is 20.8 Å². The molecule has 0 spiro atoms. The highest BCUT2D eigenvalue weighted by molar-refractivity contribution is 6.47. The van der Waals surface area contributed by atoms with Crippen LogP contribution in [0, 0.1) is 5.82 Å². The maximum atomic E-state index is 13.3. The van der Waals surface area contributed by atoms with Crippen LogP contribution in [0.15, 0.2) is 60.4 Å². The van der Waals surface area contributed by atoms with Gasteiger partial charge in [0.1, 0.15) is 16.6 Å². The zero-order chi connectivity index (χ0) is 26.0. The van der Waals surface area contributed by atoms with Crippen LogP contribution in [0.4, 0.5) is 4.39 Å². The molecule has 1 atom stereocenters. The minimum Gasteiger partial charge on any atom is -0.507 e. The molecule has 1 unspecified atom stereocenters. The number of ketones is 1. The number of aliphatic hydroxyl groups is 1. The molecule has 1 fully saturated rings. The molecule has 1 aromatic heterocycles. The number of amides is 1. The van der Waals surface area contributed by atoms with Crippen LogP contribution < -0.4 is 9.47 Å². The van der Waals surface area contributed by atoms with Crippen LogP contribution in [0.5, 0.6) is 11.5 Å². The maximum Gasteiger partial charge on any atom is 0.295 e. The number of rotatable bonds is 7. The standard InChI is InChI=1S/C26H21Cl2FN2O5/c1-35-24-17(12-18(27)25(36-2)20(24)28)22(32)19-21(15-4-3-10-30-13-15)31(26(34)23(19)33)11-9-14-5-7-16(29)8-6-14/h3-8,10,12-13,21,32H,9,11H2,1-2H3/b22-19+. The Bertz CT molecular complexity index is 1350. The van der Waals surface area contributed by atoms with E-state index in [-0.39, 0.29) is 45.0 Å². The Kier molecular flexibility index (Phi) is 7.47. The molecule has 2 aromatic carbocycles. The minimum absolute atomic E-state index is 0.00230. The summed E-state index contributed by atoms with van der Waals surface area (Å²) in [6.45, 7) is 0.133. The molecule has 186 valence electrons. The Hall–Kier alpha value is -3.62. The number of benzene rings is 2. The Morgan fingerprint density at radius 3 is 2.42 bits per heavy atom. The lowest BCUT2D eigenvalue weighted by Gasteiger charge is -2.25. The molecule has 0 aliphatic carbocycles. The van der Waals surface area contributed by atoms with Crippen LogP contribution in [0.1, 0.15) is 22.7 Å². The maximum absolute atomic E-state index is 13.3. The summed E-state index contributed by atoms with van der Waals surface area (Å²) in [6, 6.07) is 9.64. The molecule has 3 aromatic rings. The second-order valence-corrected chi connectivity index (χ2v) is 8.73. The first-order valence-electron chi connectivity index (χ1n) is 10.8. The number of aromatic nitrogens is 1. The highest BCUT2D eigenvalue weighted by Crippen LogP contribution is 2.47. The van der Waals surface area contributed by atoms with Gasteiger partial charge in [-0.2, -0.15) is 0 Å². The van der Waals surface area contributed by atoms with Crippen molar-refractivity contribution in [1.82, 2.24) is 9.88 Å². The molecule has 2 heterocycles. The number of ether oxygens (including phenoxy) is 2. The summed E-state index contributed by atoms with van der Waals surface area (Å²) in [4.78, 5) is 31.9. The van der Waals surface area contributed by atoms with Crippen molar-refractivity contribution in [1.29, 1.82) is 0 Å². The van der Waals surface area contributed by atoms with E-state index >= 15 is 0 Å². The van der Waals surface area contributed by atoms with Gasteiger partial charge in [-0.1, -0.05) is 41.4 Å². The Labute approximate surface area is 216 Å². The Morgan fingerprint density at radius 2 is 1.81 bits per heavy atom. The smallest absolute Gasteiger partial charge is 0.295 e. The number of halogens is 3. The number of nitrogens with zero attached hydrogens (tertiary/aromatic N) is 2. The van der Waals surface area contributed by atoms with Gasteiger partial charge in [0.15, 0.2) is 11.5 Å². The number of aliphatic hydroxyl groups excluding tert-OH is 1. The fourth-order valence-electron chi connectivity index (χ4n) is 4.19. The van der Waals surface area contributed by atoms with E-state index in [1.807, 2.05) is 0 Å². The van der Waals surface area contributed by atoms with Crippen LogP contribution in [0.25, 0.3) is 5.76 Å². The molecule has 1 aliphatic heterocycles. The quantitative estimate of drug-likeness (QED) is 0.256. The summed E-state index contributed by atoms with van der Waals surface area (Å²) < 4.78 is 23.9. The Morgan fingerprint density at radius 1 is 1.11 bits per heavy atom. The predicted molar refractivity (Wildman–Crippen MR) is 133 cm³/mol. The highest BCUT2D eigenvalue weighted by Gasteiger charge is 2.46. The highest BCUT2D eigenvalue weighted by atomic mass is 35.5. The normalized spacial score (nSPS) is 16.9. The van der Waals surface area contributed by atoms with Crippen molar-refractivity contribution in [3.05, 3.63) is 93.0 Å². The molecule has 1 N–H and O–H groups in total. The lowest BCUT2D eigenvalue weighted by atomic mass is 9.95. The van der Waals surface area contributed by atoms with Gasteiger partial charge in [-0.05, 0) is 41.8 Å². The zero-order valence-corrected chi connectivity index (χ0v) is 20.8. The van der Waals surface area contributed by atoms with Gasteiger partial charge in [-0.15, -0.1) is 0 Å². The largest absolute Gasteiger partial charge is 0.507 e. The van der Waals surface area contributed by atoms with Gasteiger partial charge < -0.3 is 19.5 Å². The van der Waals surface area contributed by atoms with E-state index in [0.717, 1.165) is 5.56 Å². The van der Waals surface area contributed by atoms with Gasteiger partial charge in [0.05, 0.1) is 36.4 Å². The van der Waals surface area contributed by atoms with Crippen molar-refractivity contribution in [2.24, 2.45) is 0 Å². The third-order valence-corrected chi connectivity index (χ3v) is 6.51. The number of pyridine rings is 1. The third kappa shape index (κ3) is 4.62. The second kappa shape index (κ2) is 10.6. The topological polar surface area (TPSA) is 89.0 Å². The fraction of sp³-hybridized carbons (Fsp3) is 0.192.